The van der Waals surface area contributed by atoms with Crippen molar-refractivity contribution in [3.8, 4) is 0 Å². The fraction of sp³-hybridized carbons (Fsp3) is 0.857. The first kappa shape index (κ1) is 13.1. The molecule has 0 radical (unpaired) electrons. The van der Waals surface area contributed by atoms with Gasteiger partial charge in [-0.05, 0) is 51.2 Å². The Labute approximate surface area is 114 Å². The normalized spacial score (nSPS) is 25.5. The van der Waals surface area contributed by atoms with Crippen LogP contribution >= 0.6 is 0 Å². The van der Waals surface area contributed by atoms with Gasteiger partial charge in [-0.3, -0.25) is 0 Å². The van der Waals surface area contributed by atoms with Gasteiger partial charge in [0.25, 0.3) is 0 Å². The van der Waals surface area contributed by atoms with Gasteiger partial charge in [0.15, 0.2) is 5.82 Å². The van der Waals surface area contributed by atoms with E-state index in [0.29, 0.717) is 0 Å². The Morgan fingerprint density at radius 3 is 2.68 bits per heavy atom. The molecule has 1 N–H and O–H groups in total. The molecule has 106 valence electrons. The van der Waals surface area contributed by atoms with Gasteiger partial charge < -0.3 is 14.6 Å². The molecule has 0 bridgehead atoms. The Balaban J connectivity index is 1.65. The molecule has 3 rings (SSSR count). The van der Waals surface area contributed by atoms with Gasteiger partial charge in [-0.25, -0.2) is 0 Å². The molecule has 1 fully saturated rings. The first-order chi connectivity index (χ1) is 9.28. The number of hydrogen-bond acceptors (Lipinski definition) is 4. The van der Waals surface area contributed by atoms with Crippen LogP contribution in [0, 0.1) is 5.92 Å². The van der Waals surface area contributed by atoms with Crippen LogP contribution in [0.2, 0.25) is 0 Å². The summed E-state index contributed by atoms with van der Waals surface area (Å²) in [5.74, 6) is 2.60. The third-order valence-corrected chi connectivity index (χ3v) is 4.64. The molecule has 0 spiro atoms. The van der Waals surface area contributed by atoms with Crippen molar-refractivity contribution in [2.24, 2.45) is 5.92 Å². The van der Waals surface area contributed by atoms with Gasteiger partial charge in [0.2, 0.25) is 0 Å². The zero-order valence-corrected chi connectivity index (χ0v) is 11.8. The highest BCUT2D eigenvalue weighted by Gasteiger charge is 2.26. The van der Waals surface area contributed by atoms with Crippen LogP contribution in [-0.2, 0) is 13.0 Å². The molecule has 19 heavy (non-hydrogen) atoms. The number of aromatic nitrogens is 3. The van der Waals surface area contributed by atoms with Gasteiger partial charge in [-0.2, -0.15) is 0 Å². The summed E-state index contributed by atoms with van der Waals surface area (Å²) in [6.45, 7) is 6.80. The molecule has 1 saturated heterocycles. The zero-order chi connectivity index (χ0) is 13.2. The SMILES string of the molecule is CCN1CCC(Cc2nnc3n2CCCC3O)CC1. The van der Waals surface area contributed by atoms with E-state index in [2.05, 4.69) is 26.6 Å². The maximum atomic E-state index is 9.92. The minimum Gasteiger partial charge on any atom is -0.385 e. The van der Waals surface area contributed by atoms with Crippen molar-refractivity contribution in [3.05, 3.63) is 11.6 Å². The van der Waals surface area contributed by atoms with Crippen LogP contribution in [0.1, 0.15) is 50.4 Å². The van der Waals surface area contributed by atoms with E-state index in [0.717, 1.165) is 43.4 Å². The number of hydrogen-bond donors (Lipinski definition) is 1. The summed E-state index contributed by atoms with van der Waals surface area (Å²) in [4.78, 5) is 2.51. The monoisotopic (exact) mass is 264 g/mol. The van der Waals surface area contributed by atoms with Gasteiger partial charge >= 0.3 is 0 Å². The second-order valence-corrected chi connectivity index (χ2v) is 5.87. The highest BCUT2D eigenvalue weighted by atomic mass is 16.3. The van der Waals surface area contributed by atoms with Crippen molar-refractivity contribution in [2.75, 3.05) is 19.6 Å². The van der Waals surface area contributed by atoms with Gasteiger partial charge in [0.1, 0.15) is 11.9 Å². The number of nitrogens with zero attached hydrogens (tertiary/aromatic N) is 4. The predicted molar refractivity (Wildman–Crippen MR) is 72.8 cm³/mol. The van der Waals surface area contributed by atoms with E-state index in [1.807, 2.05) is 0 Å². The number of likely N-dealkylation sites (tertiary alicyclic amines) is 1. The minimum absolute atomic E-state index is 0.406. The second-order valence-electron chi connectivity index (χ2n) is 5.87. The molecular formula is C14H24N4O. The van der Waals surface area contributed by atoms with Crippen molar-refractivity contribution < 1.29 is 5.11 Å². The first-order valence-corrected chi connectivity index (χ1v) is 7.60. The molecule has 0 aliphatic carbocycles. The van der Waals surface area contributed by atoms with E-state index >= 15 is 0 Å². The molecule has 1 atom stereocenters. The lowest BCUT2D eigenvalue weighted by molar-refractivity contribution is 0.132. The molecule has 5 heteroatoms. The molecule has 1 unspecified atom stereocenters. The number of fused-ring (bicyclic) bond motifs is 1. The van der Waals surface area contributed by atoms with Crippen LogP contribution in [0.5, 0.6) is 0 Å². The van der Waals surface area contributed by atoms with Crippen LogP contribution < -0.4 is 0 Å². The Morgan fingerprint density at radius 1 is 1.16 bits per heavy atom. The Bertz CT molecular complexity index is 423. The summed E-state index contributed by atoms with van der Waals surface area (Å²) in [5, 5.41) is 18.4. The molecule has 0 amide bonds. The molecule has 1 aromatic heterocycles. The third-order valence-electron chi connectivity index (χ3n) is 4.64. The molecule has 3 heterocycles. The molecular weight excluding hydrogens is 240 g/mol. The van der Waals surface area contributed by atoms with Crippen molar-refractivity contribution >= 4 is 0 Å². The lowest BCUT2D eigenvalue weighted by Crippen LogP contribution is -2.34. The summed E-state index contributed by atoms with van der Waals surface area (Å²) < 4.78 is 2.15. The smallest absolute Gasteiger partial charge is 0.161 e. The highest BCUT2D eigenvalue weighted by Crippen LogP contribution is 2.26. The van der Waals surface area contributed by atoms with Gasteiger partial charge in [-0.1, -0.05) is 6.92 Å². The minimum atomic E-state index is -0.406. The summed E-state index contributed by atoms with van der Waals surface area (Å²) >= 11 is 0. The van der Waals surface area contributed by atoms with Gasteiger partial charge in [0.05, 0.1) is 0 Å². The number of aliphatic hydroxyl groups is 1. The van der Waals surface area contributed by atoms with E-state index in [9.17, 15) is 5.11 Å². The third kappa shape index (κ3) is 2.67. The van der Waals surface area contributed by atoms with Crippen LogP contribution in [-0.4, -0.2) is 44.4 Å². The second kappa shape index (κ2) is 5.59. The summed E-state index contributed by atoms with van der Waals surface area (Å²) in [6, 6.07) is 0. The Kier molecular flexibility index (Phi) is 3.84. The van der Waals surface area contributed by atoms with Crippen molar-refractivity contribution in [3.63, 3.8) is 0 Å². The summed E-state index contributed by atoms with van der Waals surface area (Å²) in [5.41, 5.74) is 0. The predicted octanol–water partition coefficient (Wildman–Crippen LogP) is 1.38. The lowest BCUT2D eigenvalue weighted by atomic mass is 9.93. The van der Waals surface area contributed by atoms with E-state index in [4.69, 9.17) is 0 Å². The van der Waals surface area contributed by atoms with Crippen LogP contribution in [0.4, 0.5) is 0 Å². The molecule has 5 nitrogen and oxygen atoms in total. The summed E-state index contributed by atoms with van der Waals surface area (Å²) in [7, 11) is 0. The number of rotatable bonds is 3. The van der Waals surface area contributed by atoms with E-state index in [1.54, 1.807) is 0 Å². The quantitative estimate of drug-likeness (QED) is 0.896. The molecule has 0 saturated carbocycles. The fourth-order valence-electron chi connectivity index (χ4n) is 3.33. The molecule has 2 aliphatic heterocycles. The average Bonchev–Trinajstić information content (AvgIpc) is 2.84. The van der Waals surface area contributed by atoms with Crippen LogP contribution in [0.3, 0.4) is 0 Å². The Hall–Kier alpha value is -0.940. The summed E-state index contributed by atoms with van der Waals surface area (Å²) in [6.07, 6.45) is 5.01. The largest absolute Gasteiger partial charge is 0.385 e. The first-order valence-electron chi connectivity index (χ1n) is 7.60. The van der Waals surface area contributed by atoms with E-state index in [-0.39, 0.29) is 0 Å². The van der Waals surface area contributed by atoms with Crippen LogP contribution in [0.15, 0.2) is 0 Å². The Morgan fingerprint density at radius 2 is 1.95 bits per heavy atom. The fourth-order valence-corrected chi connectivity index (χ4v) is 3.33. The van der Waals surface area contributed by atoms with E-state index in [1.165, 1.54) is 32.5 Å². The molecule has 1 aromatic rings. The maximum absolute atomic E-state index is 9.92. The van der Waals surface area contributed by atoms with E-state index < -0.39 is 6.10 Å². The zero-order valence-electron chi connectivity index (χ0n) is 11.8. The number of piperidine rings is 1. The number of aliphatic hydroxyl groups excluding tert-OH is 1. The van der Waals surface area contributed by atoms with Gasteiger partial charge in [0, 0.05) is 13.0 Å². The van der Waals surface area contributed by atoms with Crippen LogP contribution in [0.25, 0.3) is 0 Å². The average molecular weight is 264 g/mol. The van der Waals surface area contributed by atoms with Crippen molar-refractivity contribution in [1.82, 2.24) is 19.7 Å². The van der Waals surface area contributed by atoms with Crippen molar-refractivity contribution in [1.29, 1.82) is 0 Å². The standard InChI is InChI=1S/C14H24N4O/c1-2-17-8-5-11(6-9-17)10-13-15-16-14-12(19)4-3-7-18(13)14/h11-12,19H,2-10H2,1H3. The topological polar surface area (TPSA) is 54.2 Å². The molecule has 0 aromatic carbocycles. The highest BCUT2D eigenvalue weighted by molar-refractivity contribution is 5.03. The maximum Gasteiger partial charge on any atom is 0.161 e. The lowest BCUT2D eigenvalue weighted by Gasteiger charge is -2.31. The van der Waals surface area contributed by atoms with Crippen molar-refractivity contribution in [2.45, 2.75) is 51.7 Å². The van der Waals surface area contributed by atoms with Gasteiger partial charge in [-0.15, -0.1) is 10.2 Å². The molecule has 2 aliphatic rings.